The first kappa shape index (κ1) is 18.2. The normalized spacial score (nSPS) is 16.3. The average molecular weight is 370 g/mol. The van der Waals surface area contributed by atoms with Gasteiger partial charge < -0.3 is 15.8 Å². The molecule has 0 bridgehead atoms. The van der Waals surface area contributed by atoms with Crippen molar-refractivity contribution < 1.29 is 14.3 Å². The van der Waals surface area contributed by atoms with Gasteiger partial charge in [0.25, 0.3) is 5.91 Å². The number of hydrogen-bond acceptors (Lipinski definition) is 4. The summed E-state index contributed by atoms with van der Waals surface area (Å²) in [5.41, 5.74) is 7.91. The molecule has 0 fully saturated rings. The highest BCUT2D eigenvalue weighted by Crippen LogP contribution is 2.39. The van der Waals surface area contributed by atoms with Crippen LogP contribution >= 0.6 is 11.3 Å². The number of primary amides is 1. The van der Waals surface area contributed by atoms with Crippen LogP contribution in [0.1, 0.15) is 39.7 Å². The molecule has 0 radical (unpaired) electrons. The van der Waals surface area contributed by atoms with Crippen LogP contribution in [0.3, 0.4) is 0 Å². The van der Waals surface area contributed by atoms with E-state index in [0.717, 1.165) is 41.0 Å². The maximum atomic E-state index is 12.3. The summed E-state index contributed by atoms with van der Waals surface area (Å²) in [5.74, 6) is 0.535. The van der Waals surface area contributed by atoms with Crippen LogP contribution in [0.2, 0.25) is 0 Å². The van der Waals surface area contributed by atoms with E-state index in [0.29, 0.717) is 16.5 Å². The van der Waals surface area contributed by atoms with Gasteiger partial charge in [0, 0.05) is 11.0 Å². The predicted octanol–water partition coefficient (Wildman–Crippen LogP) is 3.63. The Morgan fingerprint density at radius 1 is 1.38 bits per heavy atom. The molecular weight excluding hydrogens is 348 g/mol. The molecule has 6 heteroatoms. The lowest BCUT2D eigenvalue weighted by atomic mass is 9.88. The minimum absolute atomic E-state index is 0.290. The number of nitrogens with two attached hydrogens (primary N) is 1. The number of rotatable bonds is 5. The van der Waals surface area contributed by atoms with E-state index >= 15 is 0 Å². The number of fused-ring (bicyclic) bond motifs is 1. The van der Waals surface area contributed by atoms with Crippen molar-refractivity contribution in [3.05, 3.63) is 51.9 Å². The van der Waals surface area contributed by atoms with E-state index < -0.39 is 5.91 Å². The highest BCUT2D eigenvalue weighted by molar-refractivity contribution is 7.17. The van der Waals surface area contributed by atoms with E-state index in [1.807, 2.05) is 24.3 Å². The topological polar surface area (TPSA) is 81.4 Å². The van der Waals surface area contributed by atoms with Gasteiger partial charge in [0.15, 0.2) is 0 Å². The summed E-state index contributed by atoms with van der Waals surface area (Å²) in [4.78, 5) is 25.4. The maximum absolute atomic E-state index is 12.3. The smallest absolute Gasteiger partial charge is 0.251 e. The zero-order chi connectivity index (χ0) is 18.7. The average Bonchev–Trinajstić information content (AvgIpc) is 2.97. The lowest BCUT2D eigenvalue weighted by molar-refractivity contribution is -0.111. The molecule has 0 saturated heterocycles. The van der Waals surface area contributed by atoms with E-state index in [1.54, 1.807) is 13.2 Å². The lowest BCUT2D eigenvalue weighted by Gasteiger charge is -2.18. The third kappa shape index (κ3) is 3.96. The summed E-state index contributed by atoms with van der Waals surface area (Å²) in [6.45, 7) is 2.20. The monoisotopic (exact) mass is 370 g/mol. The van der Waals surface area contributed by atoms with Crippen molar-refractivity contribution in [3.8, 4) is 5.75 Å². The molecule has 1 unspecified atom stereocenters. The van der Waals surface area contributed by atoms with Crippen LogP contribution in [0.15, 0.2) is 30.3 Å². The van der Waals surface area contributed by atoms with Gasteiger partial charge in [-0.15, -0.1) is 11.3 Å². The first-order valence-corrected chi connectivity index (χ1v) is 9.37. The number of methoxy groups -OCH3 is 1. The van der Waals surface area contributed by atoms with E-state index in [2.05, 4.69) is 12.2 Å². The van der Waals surface area contributed by atoms with Crippen LogP contribution in [0.25, 0.3) is 6.08 Å². The number of nitrogens with one attached hydrogen (secondary N) is 1. The Hall–Kier alpha value is -2.60. The standard InChI is InChI=1S/C20H22N2O3S/c1-12-6-8-15-16(10-12)26-20(18(15)19(21)24)22-17(23)9-7-13-4-3-5-14(11-13)25-2/h3-5,7,9,11-12H,6,8,10H2,1-2H3,(H2,21,24)(H,22,23)/b9-7+. The first-order chi connectivity index (χ1) is 12.5. The molecule has 1 aliphatic rings. The van der Waals surface area contributed by atoms with Crippen LogP contribution in [0.4, 0.5) is 5.00 Å². The van der Waals surface area contributed by atoms with Crippen LogP contribution in [-0.4, -0.2) is 18.9 Å². The van der Waals surface area contributed by atoms with Gasteiger partial charge >= 0.3 is 0 Å². The summed E-state index contributed by atoms with van der Waals surface area (Å²) in [6.07, 6.45) is 5.95. The molecule has 1 aromatic carbocycles. The first-order valence-electron chi connectivity index (χ1n) is 8.55. The summed E-state index contributed by atoms with van der Waals surface area (Å²) in [6, 6.07) is 7.42. The van der Waals surface area contributed by atoms with Gasteiger partial charge in [-0.3, -0.25) is 9.59 Å². The Labute approximate surface area is 156 Å². The zero-order valence-corrected chi connectivity index (χ0v) is 15.7. The zero-order valence-electron chi connectivity index (χ0n) is 14.9. The summed E-state index contributed by atoms with van der Waals surface area (Å²) < 4.78 is 5.17. The minimum atomic E-state index is -0.482. The third-order valence-corrected chi connectivity index (χ3v) is 5.69. The van der Waals surface area contributed by atoms with Crippen molar-refractivity contribution >= 4 is 34.2 Å². The molecule has 0 saturated carbocycles. The lowest BCUT2D eigenvalue weighted by Crippen LogP contribution is -2.18. The van der Waals surface area contributed by atoms with Crippen molar-refractivity contribution in [3.63, 3.8) is 0 Å². The molecule has 26 heavy (non-hydrogen) atoms. The fourth-order valence-corrected chi connectivity index (χ4v) is 4.59. The number of carbonyl (C=O) groups excluding carboxylic acids is 2. The third-order valence-electron chi connectivity index (χ3n) is 4.52. The Balaban J connectivity index is 1.79. The molecule has 3 rings (SSSR count). The number of hydrogen-bond donors (Lipinski definition) is 2. The fraction of sp³-hybridized carbons (Fsp3) is 0.300. The molecule has 2 amide bonds. The quantitative estimate of drug-likeness (QED) is 0.789. The maximum Gasteiger partial charge on any atom is 0.251 e. The molecule has 1 heterocycles. The van der Waals surface area contributed by atoms with Crippen LogP contribution in [0.5, 0.6) is 5.75 Å². The molecule has 1 aliphatic carbocycles. The van der Waals surface area contributed by atoms with Crippen molar-refractivity contribution in [2.75, 3.05) is 12.4 Å². The number of benzene rings is 1. The molecule has 2 aromatic rings. The van der Waals surface area contributed by atoms with E-state index in [-0.39, 0.29) is 5.91 Å². The Morgan fingerprint density at radius 3 is 2.92 bits per heavy atom. The van der Waals surface area contributed by atoms with Crippen LogP contribution in [0, 0.1) is 5.92 Å². The van der Waals surface area contributed by atoms with Crippen molar-refractivity contribution in [2.45, 2.75) is 26.2 Å². The molecule has 1 atom stereocenters. The van der Waals surface area contributed by atoms with Crippen LogP contribution < -0.4 is 15.8 Å². The summed E-state index contributed by atoms with van der Waals surface area (Å²) in [7, 11) is 1.60. The Bertz CT molecular complexity index is 870. The van der Waals surface area contributed by atoms with E-state index in [9.17, 15) is 9.59 Å². The SMILES string of the molecule is COc1cccc(/C=C/C(=O)Nc2sc3c(c2C(N)=O)CCC(C)C3)c1. The molecule has 0 aliphatic heterocycles. The molecule has 1 aromatic heterocycles. The molecule has 5 nitrogen and oxygen atoms in total. The highest BCUT2D eigenvalue weighted by Gasteiger charge is 2.26. The van der Waals surface area contributed by atoms with E-state index in [1.165, 1.54) is 17.4 Å². The molecule has 0 spiro atoms. The van der Waals surface area contributed by atoms with Gasteiger partial charge in [-0.25, -0.2) is 0 Å². The van der Waals surface area contributed by atoms with Crippen LogP contribution in [-0.2, 0) is 17.6 Å². The van der Waals surface area contributed by atoms with Gasteiger partial charge in [0.1, 0.15) is 10.8 Å². The second-order valence-corrected chi connectivity index (χ2v) is 7.62. The molecular formula is C20H22N2O3S. The van der Waals surface area contributed by atoms with Gasteiger partial charge in [0.2, 0.25) is 5.91 Å². The van der Waals surface area contributed by atoms with Gasteiger partial charge in [-0.2, -0.15) is 0 Å². The van der Waals surface area contributed by atoms with Gasteiger partial charge in [-0.05, 0) is 54.5 Å². The summed E-state index contributed by atoms with van der Waals surface area (Å²) in [5, 5.41) is 3.38. The fourth-order valence-electron chi connectivity index (χ4n) is 3.17. The predicted molar refractivity (Wildman–Crippen MR) is 105 cm³/mol. The number of anilines is 1. The van der Waals surface area contributed by atoms with Crippen molar-refractivity contribution in [2.24, 2.45) is 11.7 Å². The molecule has 3 N–H and O–H groups in total. The number of carbonyl (C=O) groups is 2. The van der Waals surface area contributed by atoms with E-state index in [4.69, 9.17) is 10.5 Å². The van der Waals surface area contributed by atoms with Crippen molar-refractivity contribution in [1.82, 2.24) is 0 Å². The van der Waals surface area contributed by atoms with Gasteiger partial charge in [0.05, 0.1) is 12.7 Å². The number of ether oxygens (including phenoxy) is 1. The number of thiophene rings is 1. The largest absolute Gasteiger partial charge is 0.497 e. The Kier molecular flexibility index (Phi) is 5.42. The van der Waals surface area contributed by atoms with Gasteiger partial charge in [-0.1, -0.05) is 19.1 Å². The highest BCUT2D eigenvalue weighted by atomic mass is 32.1. The van der Waals surface area contributed by atoms with Crippen molar-refractivity contribution in [1.29, 1.82) is 0 Å². The second kappa shape index (κ2) is 7.74. The Morgan fingerprint density at radius 2 is 2.19 bits per heavy atom. The molecule has 136 valence electrons. The number of amides is 2. The minimum Gasteiger partial charge on any atom is -0.497 e. The second-order valence-electron chi connectivity index (χ2n) is 6.52. The summed E-state index contributed by atoms with van der Waals surface area (Å²) >= 11 is 1.46.